The molecule has 0 aliphatic carbocycles. The highest BCUT2D eigenvalue weighted by molar-refractivity contribution is 6.32. The molecule has 0 fully saturated rings. The monoisotopic (exact) mass is 650 g/mol. The number of hydrogen-bond acceptors (Lipinski definition) is 10. The topological polar surface area (TPSA) is 143 Å². The van der Waals surface area contributed by atoms with Gasteiger partial charge in [0.2, 0.25) is 0 Å². The van der Waals surface area contributed by atoms with Crippen molar-refractivity contribution >= 4 is 11.6 Å². The second kappa shape index (κ2) is 16.1. The zero-order chi connectivity index (χ0) is 32.5. The van der Waals surface area contributed by atoms with Gasteiger partial charge in [-0.3, -0.25) is 4.98 Å². The van der Waals surface area contributed by atoms with Gasteiger partial charge >= 0.3 is 0 Å². The van der Waals surface area contributed by atoms with Gasteiger partial charge in [-0.15, -0.1) is 0 Å². The van der Waals surface area contributed by atoms with E-state index in [4.69, 9.17) is 35.7 Å². The van der Waals surface area contributed by atoms with Gasteiger partial charge in [0.25, 0.3) is 0 Å². The number of pyridine rings is 1. The van der Waals surface area contributed by atoms with Crippen molar-refractivity contribution in [1.82, 2.24) is 10.3 Å². The van der Waals surface area contributed by atoms with E-state index in [1.807, 2.05) is 48.5 Å². The van der Waals surface area contributed by atoms with Gasteiger partial charge in [-0.1, -0.05) is 41.9 Å². The Morgan fingerprint density at radius 3 is 2.46 bits per heavy atom. The third kappa shape index (κ3) is 8.67. The second-order valence-corrected chi connectivity index (χ2v) is 11.5. The molecule has 0 radical (unpaired) electrons. The number of aliphatic hydroxyl groups is 4. The summed E-state index contributed by atoms with van der Waals surface area (Å²) in [6.07, 6.45) is -1.90. The van der Waals surface area contributed by atoms with Crippen molar-refractivity contribution in [2.24, 2.45) is 0 Å². The van der Waals surface area contributed by atoms with Crippen molar-refractivity contribution in [3.63, 3.8) is 0 Å². The van der Waals surface area contributed by atoms with Crippen LogP contribution in [0.15, 0.2) is 72.9 Å². The van der Waals surface area contributed by atoms with Crippen LogP contribution in [-0.4, -0.2) is 70.1 Å². The third-order valence-corrected chi connectivity index (χ3v) is 8.03. The Labute approximate surface area is 273 Å². The van der Waals surface area contributed by atoms with Gasteiger partial charge in [0, 0.05) is 37.3 Å². The number of aromatic nitrogens is 1. The molecule has 3 atom stereocenters. The molecule has 4 aromatic rings. The van der Waals surface area contributed by atoms with Crippen molar-refractivity contribution in [1.29, 1.82) is 0 Å². The van der Waals surface area contributed by atoms with Crippen LogP contribution in [0.5, 0.6) is 23.0 Å². The molecule has 0 unspecified atom stereocenters. The molecule has 2 heterocycles. The van der Waals surface area contributed by atoms with Crippen molar-refractivity contribution in [3.8, 4) is 34.1 Å². The van der Waals surface area contributed by atoms with Crippen molar-refractivity contribution in [3.05, 3.63) is 100 Å². The van der Waals surface area contributed by atoms with Crippen LogP contribution in [0.4, 0.5) is 0 Å². The molecule has 5 N–H and O–H groups in total. The molecule has 1 aromatic heterocycles. The predicted molar refractivity (Wildman–Crippen MR) is 173 cm³/mol. The van der Waals surface area contributed by atoms with Crippen molar-refractivity contribution < 1.29 is 39.4 Å². The van der Waals surface area contributed by atoms with E-state index < -0.39 is 24.9 Å². The number of aliphatic hydroxyl groups excluding tert-OH is 4. The fraction of sp³-hybridized carbons (Fsp3) is 0.343. The quantitative estimate of drug-likeness (QED) is 0.127. The lowest BCUT2D eigenvalue weighted by Gasteiger charge is -2.20. The van der Waals surface area contributed by atoms with E-state index in [0.29, 0.717) is 36.3 Å². The Bertz CT molecular complexity index is 1590. The summed E-state index contributed by atoms with van der Waals surface area (Å²) in [7, 11) is 0. The first-order valence-corrected chi connectivity index (χ1v) is 15.5. The first-order chi connectivity index (χ1) is 22.3. The highest BCUT2D eigenvalue weighted by Gasteiger charge is 2.20. The van der Waals surface area contributed by atoms with Crippen LogP contribution in [0, 0.1) is 6.92 Å². The maximum absolute atomic E-state index is 10.3. The number of fused-ring (bicyclic) bond motifs is 1. The molecule has 46 heavy (non-hydrogen) atoms. The number of nitrogens with zero attached hydrogens (tertiary/aromatic N) is 1. The third-order valence-electron chi connectivity index (χ3n) is 7.74. The molecule has 0 amide bonds. The van der Waals surface area contributed by atoms with Crippen LogP contribution >= 0.6 is 11.6 Å². The number of halogens is 1. The molecular formula is C35H39ClN2O8. The first kappa shape index (κ1) is 33.5. The molecule has 11 heteroatoms. The number of ether oxygens (including phenoxy) is 4. The van der Waals surface area contributed by atoms with Crippen LogP contribution in [-0.2, 0) is 19.8 Å². The Morgan fingerprint density at radius 1 is 0.870 bits per heavy atom. The minimum Gasteiger partial charge on any atom is -0.487 e. The van der Waals surface area contributed by atoms with E-state index in [1.54, 1.807) is 18.3 Å². The molecule has 3 aromatic carbocycles. The van der Waals surface area contributed by atoms with Gasteiger partial charge in [-0.2, -0.15) is 0 Å². The molecule has 0 bridgehead atoms. The summed E-state index contributed by atoms with van der Waals surface area (Å²) < 4.78 is 23.9. The number of rotatable bonds is 15. The molecule has 244 valence electrons. The maximum Gasteiger partial charge on any atom is 0.161 e. The molecule has 0 saturated heterocycles. The van der Waals surface area contributed by atoms with Crippen LogP contribution in [0.2, 0.25) is 5.02 Å². The highest BCUT2D eigenvalue weighted by Crippen LogP contribution is 2.37. The Morgan fingerprint density at radius 2 is 1.67 bits per heavy atom. The molecule has 0 spiro atoms. The number of nitrogens with one attached hydrogen (secondary N) is 1. The molecule has 5 rings (SSSR count). The average Bonchev–Trinajstić information content (AvgIpc) is 3.07. The average molecular weight is 651 g/mol. The maximum atomic E-state index is 10.3. The van der Waals surface area contributed by atoms with Gasteiger partial charge in [0.1, 0.15) is 44.0 Å². The lowest BCUT2D eigenvalue weighted by Crippen LogP contribution is -2.36. The van der Waals surface area contributed by atoms with Crippen LogP contribution in [0.1, 0.15) is 28.8 Å². The number of benzene rings is 3. The van der Waals surface area contributed by atoms with Crippen molar-refractivity contribution in [2.75, 3.05) is 26.4 Å². The van der Waals surface area contributed by atoms with E-state index in [2.05, 4.69) is 23.3 Å². The zero-order valence-corrected chi connectivity index (χ0v) is 26.3. The summed E-state index contributed by atoms with van der Waals surface area (Å²) in [5.74, 6) is 2.46. The summed E-state index contributed by atoms with van der Waals surface area (Å²) >= 11 is 6.70. The molecule has 0 saturated carbocycles. The molecule has 10 nitrogen and oxygen atoms in total. The zero-order valence-electron chi connectivity index (χ0n) is 25.6. The Hall–Kier alpha value is -3.90. The second-order valence-electron chi connectivity index (χ2n) is 11.1. The number of hydrogen-bond donors (Lipinski definition) is 5. The van der Waals surface area contributed by atoms with Crippen LogP contribution in [0.3, 0.4) is 0 Å². The van der Waals surface area contributed by atoms with Gasteiger partial charge in [-0.05, 0) is 59.5 Å². The summed E-state index contributed by atoms with van der Waals surface area (Å²) in [4.78, 5) is 4.33. The summed E-state index contributed by atoms with van der Waals surface area (Å²) in [6.45, 7) is 3.45. The summed E-state index contributed by atoms with van der Waals surface area (Å²) in [5.41, 5.74) is 5.62. The SMILES string of the molecule is Cc1c(COc2cc(OCc3ccccn3)c(CNC[C@H](O)C[C@H](O)[C@H](O)CO)cc2Cl)cccc1-c1ccc2c(c1)OCCO2. The van der Waals surface area contributed by atoms with E-state index >= 15 is 0 Å². The lowest BCUT2D eigenvalue weighted by molar-refractivity contribution is -0.0359. The smallest absolute Gasteiger partial charge is 0.161 e. The molecule has 1 aliphatic rings. The first-order valence-electron chi connectivity index (χ1n) is 15.1. The van der Waals surface area contributed by atoms with E-state index in [0.717, 1.165) is 45.0 Å². The van der Waals surface area contributed by atoms with E-state index in [1.165, 1.54) is 0 Å². The van der Waals surface area contributed by atoms with Crippen LogP contribution < -0.4 is 24.3 Å². The predicted octanol–water partition coefficient (Wildman–Crippen LogP) is 4.19. The Balaban J connectivity index is 1.30. The van der Waals surface area contributed by atoms with E-state index in [9.17, 15) is 15.3 Å². The fourth-order valence-electron chi connectivity index (χ4n) is 5.13. The lowest BCUT2D eigenvalue weighted by atomic mass is 9.96. The normalized spacial score (nSPS) is 14.4. The van der Waals surface area contributed by atoms with Crippen molar-refractivity contribution in [2.45, 2.75) is 51.4 Å². The fourth-order valence-corrected chi connectivity index (χ4v) is 5.37. The largest absolute Gasteiger partial charge is 0.487 e. The van der Waals surface area contributed by atoms with Gasteiger partial charge in [0.05, 0.1) is 29.5 Å². The minimum absolute atomic E-state index is 0.0967. The molecule has 1 aliphatic heterocycles. The van der Waals surface area contributed by atoms with E-state index in [-0.39, 0.29) is 26.2 Å². The van der Waals surface area contributed by atoms with Gasteiger partial charge in [-0.25, -0.2) is 0 Å². The van der Waals surface area contributed by atoms with Gasteiger partial charge < -0.3 is 44.7 Å². The van der Waals surface area contributed by atoms with Gasteiger partial charge in [0.15, 0.2) is 11.5 Å². The summed E-state index contributed by atoms with van der Waals surface area (Å²) in [6, 6.07) is 21.1. The van der Waals surface area contributed by atoms with Crippen LogP contribution in [0.25, 0.3) is 11.1 Å². The Kier molecular flexibility index (Phi) is 11.7. The molecular weight excluding hydrogens is 612 g/mol. The summed E-state index contributed by atoms with van der Waals surface area (Å²) in [5, 5.41) is 42.3. The highest BCUT2D eigenvalue weighted by atomic mass is 35.5. The minimum atomic E-state index is -1.31. The standard InChI is InChI=1S/C35H39ClN2O8/c1-22-24(5-4-7-28(22)23-8-9-32-35(14-23)44-12-11-43-32)20-45-34-16-33(46-21-26-6-2-3-10-38-26)25(13-29(34)36)17-37-18-27(40)15-30(41)31(42)19-39/h2-10,13-14,16,27,30-31,37,39-42H,11-12,15,17-21H2,1H3/t27-,30+,31-/m1/s1.